The van der Waals surface area contributed by atoms with Crippen LogP contribution < -0.4 is 0 Å². The number of rotatable bonds is 4. The van der Waals surface area contributed by atoms with Crippen LogP contribution in [-0.4, -0.2) is 44.4 Å². The molecule has 0 aliphatic heterocycles. The van der Waals surface area contributed by atoms with Crippen molar-refractivity contribution >= 4 is 16.8 Å². The van der Waals surface area contributed by atoms with Crippen LogP contribution in [0.4, 0.5) is 13.2 Å². The van der Waals surface area contributed by atoms with Crippen LogP contribution in [0.5, 0.6) is 0 Å². The Balaban J connectivity index is 0.000000266. The number of hydrogen-bond donors (Lipinski definition) is 1. The number of nitrogens with one attached hydrogen (secondary N) is 1. The first-order valence-electron chi connectivity index (χ1n) is 11.7. The first kappa shape index (κ1) is 24.5. The van der Waals surface area contributed by atoms with Gasteiger partial charge in [0, 0.05) is 30.2 Å². The molecule has 0 bridgehead atoms. The Kier molecular flexibility index (Phi) is 7.23. The molecular weight excluding hydrogens is 455 g/mol. The summed E-state index contributed by atoms with van der Waals surface area (Å²) in [4.78, 5) is 13.6. The molecule has 0 radical (unpaired) electrons. The molecule has 1 N–H and O–H groups in total. The molecule has 5 rings (SSSR count). The van der Waals surface area contributed by atoms with Gasteiger partial charge in [0.05, 0.1) is 23.8 Å². The van der Waals surface area contributed by atoms with Gasteiger partial charge in [-0.1, -0.05) is 30.3 Å². The van der Waals surface area contributed by atoms with Crippen molar-refractivity contribution in [1.82, 2.24) is 24.9 Å². The van der Waals surface area contributed by atoms with Crippen molar-refractivity contribution in [2.75, 3.05) is 13.6 Å². The highest BCUT2D eigenvalue weighted by atomic mass is 19.4. The lowest BCUT2D eigenvalue weighted by molar-refractivity contribution is -0.142. The van der Waals surface area contributed by atoms with E-state index in [1.807, 2.05) is 37.4 Å². The predicted octanol–water partition coefficient (Wildman–Crippen LogP) is 5.35. The van der Waals surface area contributed by atoms with Gasteiger partial charge in [0.25, 0.3) is 0 Å². The number of likely N-dealkylation sites (N-methyl/N-ethyl adjacent to an activating group) is 1. The Bertz CT molecular complexity index is 1260. The van der Waals surface area contributed by atoms with Crippen molar-refractivity contribution in [2.24, 2.45) is 0 Å². The fraction of sp³-hybridized carbons (Fsp3) is 0.346. The van der Waals surface area contributed by atoms with E-state index in [4.69, 9.17) is 0 Å². The SMILES string of the molecule is CCN(C)C(=O)Cc1ccc(-n2nc(C(F)(F)F)c3c2CCCC3)cc1.c1ccc2[nH]ncc2c1. The first-order valence-corrected chi connectivity index (χ1v) is 11.7. The van der Waals surface area contributed by atoms with E-state index >= 15 is 0 Å². The highest BCUT2D eigenvalue weighted by Gasteiger charge is 2.39. The summed E-state index contributed by atoms with van der Waals surface area (Å²) in [6.07, 6.45) is 0.286. The van der Waals surface area contributed by atoms with Gasteiger partial charge in [-0.15, -0.1) is 0 Å². The molecule has 2 aromatic carbocycles. The lowest BCUT2D eigenvalue weighted by Gasteiger charge is -2.15. The molecule has 2 aromatic heterocycles. The van der Waals surface area contributed by atoms with Gasteiger partial charge in [-0.05, 0) is 56.4 Å². The highest BCUT2D eigenvalue weighted by molar-refractivity contribution is 5.78. The number of amides is 1. The molecule has 35 heavy (non-hydrogen) atoms. The fourth-order valence-electron chi connectivity index (χ4n) is 4.16. The number of benzene rings is 2. The largest absolute Gasteiger partial charge is 0.435 e. The Morgan fingerprint density at radius 1 is 1.09 bits per heavy atom. The van der Waals surface area contributed by atoms with E-state index in [0.29, 0.717) is 36.3 Å². The van der Waals surface area contributed by atoms with E-state index < -0.39 is 11.9 Å². The maximum absolute atomic E-state index is 13.3. The maximum Gasteiger partial charge on any atom is 0.435 e. The van der Waals surface area contributed by atoms with Gasteiger partial charge in [-0.2, -0.15) is 23.4 Å². The molecule has 184 valence electrons. The summed E-state index contributed by atoms with van der Waals surface area (Å²) in [6.45, 7) is 2.54. The second-order valence-corrected chi connectivity index (χ2v) is 8.60. The molecule has 4 aromatic rings. The van der Waals surface area contributed by atoms with Crippen molar-refractivity contribution in [3.63, 3.8) is 0 Å². The van der Waals surface area contributed by atoms with Crippen LogP contribution in [0.3, 0.4) is 0 Å². The van der Waals surface area contributed by atoms with Gasteiger partial charge in [0.2, 0.25) is 5.91 Å². The minimum absolute atomic E-state index is 0.0103. The Morgan fingerprint density at radius 2 is 1.80 bits per heavy atom. The van der Waals surface area contributed by atoms with E-state index in [-0.39, 0.29) is 12.3 Å². The summed E-state index contributed by atoms with van der Waals surface area (Å²) in [6, 6.07) is 15.0. The van der Waals surface area contributed by atoms with Gasteiger partial charge >= 0.3 is 6.18 Å². The standard InChI is InChI=1S/C19H22F3N3O.C7H6N2/c1-3-24(2)17(26)12-13-8-10-14(11-9-13)25-16-7-5-4-6-15(16)18(23-25)19(20,21)22;1-2-4-7-6(3-1)5-8-9-7/h8-11H,3-7,12H2,1-2H3;1-5H,(H,8,9). The average Bonchev–Trinajstić information content (AvgIpc) is 3.49. The molecule has 1 aliphatic rings. The molecule has 0 saturated carbocycles. The maximum atomic E-state index is 13.3. The highest BCUT2D eigenvalue weighted by Crippen LogP contribution is 2.36. The zero-order chi connectivity index (χ0) is 25.0. The Hall–Kier alpha value is -3.62. The zero-order valence-corrected chi connectivity index (χ0v) is 19.8. The second kappa shape index (κ2) is 10.3. The minimum atomic E-state index is -4.44. The fourth-order valence-corrected chi connectivity index (χ4v) is 4.16. The molecule has 0 fully saturated rings. The van der Waals surface area contributed by atoms with Gasteiger partial charge in [0.1, 0.15) is 0 Å². The molecule has 0 spiro atoms. The van der Waals surface area contributed by atoms with Crippen molar-refractivity contribution in [2.45, 2.75) is 45.2 Å². The normalized spacial score (nSPS) is 13.2. The van der Waals surface area contributed by atoms with Gasteiger partial charge in [-0.3, -0.25) is 9.89 Å². The van der Waals surface area contributed by atoms with E-state index in [1.165, 1.54) is 4.68 Å². The summed E-state index contributed by atoms with van der Waals surface area (Å²) in [5.41, 5.74) is 2.73. The minimum Gasteiger partial charge on any atom is -0.346 e. The molecule has 6 nitrogen and oxygen atoms in total. The third-order valence-corrected chi connectivity index (χ3v) is 6.23. The quantitative estimate of drug-likeness (QED) is 0.425. The lowest BCUT2D eigenvalue weighted by Crippen LogP contribution is -2.27. The molecule has 0 saturated heterocycles. The second-order valence-electron chi connectivity index (χ2n) is 8.60. The van der Waals surface area contributed by atoms with Crippen LogP contribution in [0.1, 0.15) is 42.3 Å². The van der Waals surface area contributed by atoms with Crippen molar-refractivity contribution in [3.8, 4) is 5.69 Å². The number of carbonyl (C=O) groups is 1. The monoisotopic (exact) mass is 483 g/mol. The number of H-pyrrole nitrogens is 1. The van der Waals surface area contributed by atoms with Crippen LogP contribution in [-0.2, 0) is 30.2 Å². The molecule has 0 unspecified atom stereocenters. The number of aromatic nitrogens is 4. The van der Waals surface area contributed by atoms with E-state index in [0.717, 1.165) is 29.3 Å². The van der Waals surface area contributed by atoms with Crippen molar-refractivity contribution in [1.29, 1.82) is 0 Å². The topological polar surface area (TPSA) is 66.8 Å². The van der Waals surface area contributed by atoms with E-state index in [9.17, 15) is 18.0 Å². The number of nitrogens with zero attached hydrogens (tertiary/aromatic N) is 4. The summed E-state index contributed by atoms with van der Waals surface area (Å²) < 4.78 is 41.3. The number of alkyl halides is 3. The van der Waals surface area contributed by atoms with Crippen LogP contribution in [0.2, 0.25) is 0 Å². The summed E-state index contributed by atoms with van der Waals surface area (Å²) >= 11 is 0. The smallest absolute Gasteiger partial charge is 0.346 e. The predicted molar refractivity (Wildman–Crippen MR) is 128 cm³/mol. The Morgan fingerprint density at radius 3 is 2.49 bits per heavy atom. The summed E-state index contributed by atoms with van der Waals surface area (Å²) in [5, 5.41) is 11.8. The van der Waals surface area contributed by atoms with Crippen LogP contribution in [0, 0.1) is 0 Å². The summed E-state index contributed by atoms with van der Waals surface area (Å²) in [7, 11) is 1.74. The molecule has 2 heterocycles. The first-order chi connectivity index (χ1) is 16.8. The van der Waals surface area contributed by atoms with Crippen LogP contribution in [0.25, 0.3) is 16.6 Å². The van der Waals surface area contributed by atoms with Gasteiger partial charge in [-0.25, -0.2) is 4.68 Å². The van der Waals surface area contributed by atoms with Crippen molar-refractivity contribution < 1.29 is 18.0 Å². The molecular formula is C26H28F3N5O. The third kappa shape index (κ3) is 5.55. The van der Waals surface area contributed by atoms with Crippen molar-refractivity contribution in [3.05, 3.63) is 77.2 Å². The number of fused-ring (bicyclic) bond motifs is 2. The third-order valence-electron chi connectivity index (χ3n) is 6.23. The van der Waals surface area contributed by atoms with Gasteiger partial charge < -0.3 is 4.90 Å². The van der Waals surface area contributed by atoms with E-state index in [2.05, 4.69) is 15.3 Å². The number of halogens is 3. The number of carbonyl (C=O) groups excluding carboxylic acids is 1. The number of para-hydroxylation sites is 1. The number of hydrogen-bond acceptors (Lipinski definition) is 3. The lowest BCUT2D eigenvalue weighted by atomic mass is 9.95. The molecule has 9 heteroatoms. The molecule has 1 aliphatic carbocycles. The summed E-state index contributed by atoms with van der Waals surface area (Å²) in [5.74, 6) is 0.0103. The Labute approximate surface area is 201 Å². The number of aromatic amines is 1. The van der Waals surface area contributed by atoms with Crippen LogP contribution in [0.15, 0.2) is 54.7 Å². The zero-order valence-electron chi connectivity index (χ0n) is 19.8. The van der Waals surface area contributed by atoms with Crippen LogP contribution >= 0.6 is 0 Å². The van der Waals surface area contributed by atoms with Gasteiger partial charge in [0.15, 0.2) is 5.69 Å². The molecule has 0 atom stereocenters. The molecule has 1 amide bonds. The van der Waals surface area contributed by atoms with E-state index in [1.54, 1.807) is 36.2 Å². The average molecular weight is 484 g/mol.